The van der Waals surface area contributed by atoms with E-state index in [1.807, 2.05) is 30.0 Å². The van der Waals surface area contributed by atoms with Gasteiger partial charge in [-0.15, -0.1) is 0 Å². The Balaban J connectivity index is 1.81. The summed E-state index contributed by atoms with van der Waals surface area (Å²) >= 11 is 8.34. The molecule has 0 aliphatic heterocycles. The summed E-state index contributed by atoms with van der Waals surface area (Å²) in [6, 6.07) is 8.09. The maximum Gasteiger partial charge on any atom is 0.133 e. The first-order valence-electron chi connectivity index (χ1n) is 7.01. The van der Waals surface area contributed by atoms with Crippen LogP contribution in [0, 0.1) is 0 Å². The fourth-order valence-electron chi connectivity index (χ4n) is 2.66. The van der Waals surface area contributed by atoms with E-state index in [2.05, 4.69) is 11.1 Å². The van der Waals surface area contributed by atoms with E-state index in [0.29, 0.717) is 5.15 Å². The maximum atomic E-state index is 6.32. The van der Waals surface area contributed by atoms with Crippen molar-refractivity contribution in [2.45, 2.75) is 36.7 Å². The Bertz CT molecular complexity index is 611. The van der Waals surface area contributed by atoms with Crippen LogP contribution in [0.25, 0.3) is 10.9 Å². The van der Waals surface area contributed by atoms with Crippen LogP contribution in [0.2, 0.25) is 5.15 Å². The molecule has 0 saturated heterocycles. The van der Waals surface area contributed by atoms with Gasteiger partial charge in [0.15, 0.2) is 0 Å². The largest absolute Gasteiger partial charge is 0.497 e. The van der Waals surface area contributed by atoms with Gasteiger partial charge in [-0.3, -0.25) is 0 Å². The molecule has 0 N–H and O–H groups in total. The van der Waals surface area contributed by atoms with Crippen molar-refractivity contribution in [3.8, 4) is 5.75 Å². The summed E-state index contributed by atoms with van der Waals surface area (Å²) in [5.74, 6) is 1.77. The van der Waals surface area contributed by atoms with E-state index < -0.39 is 0 Å². The quantitative estimate of drug-likeness (QED) is 0.736. The first-order chi connectivity index (χ1) is 9.76. The van der Waals surface area contributed by atoms with Crippen LogP contribution in [0.15, 0.2) is 24.3 Å². The summed E-state index contributed by atoms with van der Waals surface area (Å²) in [7, 11) is 1.66. The number of rotatable bonds is 4. The number of pyridine rings is 1. The zero-order chi connectivity index (χ0) is 13.9. The first kappa shape index (κ1) is 14.0. The van der Waals surface area contributed by atoms with Crippen molar-refractivity contribution in [3.63, 3.8) is 0 Å². The van der Waals surface area contributed by atoms with E-state index in [0.717, 1.165) is 33.2 Å². The fourth-order valence-corrected chi connectivity index (χ4v) is 4.25. The zero-order valence-electron chi connectivity index (χ0n) is 11.6. The number of ether oxygens (including phenoxy) is 1. The molecule has 2 aromatic rings. The van der Waals surface area contributed by atoms with Crippen molar-refractivity contribution in [1.82, 2.24) is 4.98 Å². The predicted octanol–water partition coefficient (Wildman–Crippen LogP) is 5.07. The lowest BCUT2D eigenvalue weighted by Gasteiger charge is -2.10. The molecule has 0 amide bonds. The second-order valence-corrected chi connectivity index (χ2v) is 6.86. The molecule has 1 heterocycles. The summed E-state index contributed by atoms with van der Waals surface area (Å²) < 4.78 is 5.22. The van der Waals surface area contributed by atoms with Gasteiger partial charge in [0.2, 0.25) is 0 Å². The van der Waals surface area contributed by atoms with Crippen molar-refractivity contribution in [1.29, 1.82) is 0 Å². The third-order valence-electron chi connectivity index (χ3n) is 3.83. The smallest absolute Gasteiger partial charge is 0.133 e. The minimum atomic E-state index is 0.622. The molecule has 1 aliphatic rings. The molecule has 1 aromatic heterocycles. The van der Waals surface area contributed by atoms with Crippen LogP contribution < -0.4 is 4.74 Å². The number of hydrogen-bond donors (Lipinski definition) is 0. The van der Waals surface area contributed by atoms with Gasteiger partial charge in [-0.05, 0) is 31.0 Å². The van der Waals surface area contributed by atoms with Gasteiger partial charge in [0.25, 0.3) is 0 Å². The Morgan fingerprint density at radius 2 is 2.10 bits per heavy atom. The number of aromatic nitrogens is 1. The lowest BCUT2D eigenvalue weighted by atomic mass is 10.1. The SMILES string of the molecule is COc1ccc2cc(CSC3CCCC3)c(Cl)nc2c1. The minimum absolute atomic E-state index is 0.622. The number of hydrogen-bond acceptors (Lipinski definition) is 3. The number of nitrogens with zero attached hydrogens (tertiary/aromatic N) is 1. The molecule has 0 unspecified atom stereocenters. The molecule has 0 atom stereocenters. The van der Waals surface area contributed by atoms with E-state index in [-0.39, 0.29) is 0 Å². The van der Waals surface area contributed by atoms with E-state index >= 15 is 0 Å². The molecule has 0 bridgehead atoms. The summed E-state index contributed by atoms with van der Waals surface area (Å²) in [5, 5.41) is 2.55. The minimum Gasteiger partial charge on any atom is -0.497 e. The molecule has 20 heavy (non-hydrogen) atoms. The normalized spacial score (nSPS) is 15.9. The van der Waals surface area contributed by atoms with Crippen LogP contribution in [-0.2, 0) is 5.75 Å². The van der Waals surface area contributed by atoms with Crippen LogP contribution in [0.3, 0.4) is 0 Å². The van der Waals surface area contributed by atoms with E-state index in [1.165, 1.54) is 25.7 Å². The van der Waals surface area contributed by atoms with Gasteiger partial charge < -0.3 is 4.74 Å². The second kappa shape index (κ2) is 6.23. The number of thioether (sulfide) groups is 1. The fraction of sp³-hybridized carbons (Fsp3) is 0.438. The van der Waals surface area contributed by atoms with Crippen molar-refractivity contribution in [3.05, 3.63) is 35.0 Å². The van der Waals surface area contributed by atoms with Crippen molar-refractivity contribution in [2.24, 2.45) is 0 Å². The highest BCUT2D eigenvalue weighted by Gasteiger charge is 2.16. The van der Waals surface area contributed by atoms with E-state index in [9.17, 15) is 0 Å². The Kier molecular flexibility index (Phi) is 4.37. The molecule has 0 spiro atoms. The second-order valence-electron chi connectivity index (χ2n) is 5.21. The van der Waals surface area contributed by atoms with E-state index in [1.54, 1.807) is 7.11 Å². The molecule has 1 aromatic carbocycles. The maximum absolute atomic E-state index is 6.32. The molecule has 1 fully saturated rings. The zero-order valence-corrected chi connectivity index (χ0v) is 13.1. The van der Waals surface area contributed by atoms with Crippen molar-refractivity contribution >= 4 is 34.3 Å². The average molecular weight is 308 g/mol. The van der Waals surface area contributed by atoms with Gasteiger partial charge in [-0.25, -0.2) is 4.98 Å². The average Bonchev–Trinajstić information content (AvgIpc) is 2.97. The summed E-state index contributed by atoms with van der Waals surface area (Å²) in [6.07, 6.45) is 5.45. The lowest BCUT2D eigenvalue weighted by molar-refractivity contribution is 0.415. The van der Waals surface area contributed by atoms with Crippen molar-refractivity contribution < 1.29 is 4.74 Å². The Labute approximate surface area is 128 Å². The third kappa shape index (κ3) is 3.04. The van der Waals surface area contributed by atoms with Gasteiger partial charge in [-0.2, -0.15) is 11.8 Å². The van der Waals surface area contributed by atoms with Gasteiger partial charge >= 0.3 is 0 Å². The van der Waals surface area contributed by atoms with Crippen LogP contribution in [0.4, 0.5) is 0 Å². The molecule has 1 saturated carbocycles. The van der Waals surface area contributed by atoms with Crippen molar-refractivity contribution in [2.75, 3.05) is 7.11 Å². The predicted molar refractivity (Wildman–Crippen MR) is 86.9 cm³/mol. The highest BCUT2D eigenvalue weighted by atomic mass is 35.5. The van der Waals surface area contributed by atoms with Gasteiger partial charge in [0.1, 0.15) is 10.9 Å². The molecule has 4 heteroatoms. The molecular formula is C16H18ClNOS. The third-order valence-corrected chi connectivity index (χ3v) is 5.58. The standard InChI is InChI=1S/C16H18ClNOS/c1-19-13-7-6-11-8-12(16(17)18-15(11)9-13)10-20-14-4-2-3-5-14/h6-9,14H,2-5,10H2,1H3. The first-order valence-corrected chi connectivity index (χ1v) is 8.44. The van der Waals surface area contributed by atoms with Gasteiger partial charge in [0.05, 0.1) is 12.6 Å². The van der Waals surface area contributed by atoms with Crippen LogP contribution in [-0.4, -0.2) is 17.3 Å². The number of benzene rings is 1. The number of methoxy groups -OCH3 is 1. The van der Waals surface area contributed by atoms with Gasteiger partial charge in [-0.1, -0.05) is 24.4 Å². The number of fused-ring (bicyclic) bond motifs is 1. The topological polar surface area (TPSA) is 22.1 Å². The summed E-state index contributed by atoms with van der Waals surface area (Å²) in [4.78, 5) is 4.50. The Hall–Kier alpha value is -0.930. The lowest BCUT2D eigenvalue weighted by Crippen LogP contribution is -1.96. The van der Waals surface area contributed by atoms with Crippen LogP contribution in [0.1, 0.15) is 31.2 Å². The Morgan fingerprint density at radius 1 is 1.30 bits per heavy atom. The Morgan fingerprint density at radius 3 is 2.85 bits per heavy atom. The molecule has 3 rings (SSSR count). The summed E-state index contributed by atoms with van der Waals surface area (Å²) in [6.45, 7) is 0. The van der Waals surface area contributed by atoms with E-state index in [4.69, 9.17) is 16.3 Å². The number of halogens is 1. The molecule has 1 aliphatic carbocycles. The summed E-state index contributed by atoms with van der Waals surface area (Å²) in [5.41, 5.74) is 2.03. The molecule has 106 valence electrons. The molecular weight excluding hydrogens is 290 g/mol. The van der Waals surface area contributed by atoms with Gasteiger partial charge in [0, 0.05) is 28.0 Å². The van der Waals surface area contributed by atoms with Crippen LogP contribution in [0.5, 0.6) is 5.75 Å². The highest BCUT2D eigenvalue weighted by Crippen LogP contribution is 2.33. The highest BCUT2D eigenvalue weighted by molar-refractivity contribution is 7.99. The molecule has 0 radical (unpaired) electrons. The molecule has 2 nitrogen and oxygen atoms in total. The van der Waals surface area contributed by atoms with Crippen LogP contribution >= 0.6 is 23.4 Å². The monoisotopic (exact) mass is 307 g/mol.